The fourth-order valence-electron chi connectivity index (χ4n) is 3.14. The molecule has 2 amide bonds. The average molecular weight is 406 g/mol. The van der Waals surface area contributed by atoms with Gasteiger partial charge in [-0.3, -0.25) is 0 Å². The second kappa shape index (κ2) is 9.96. The summed E-state index contributed by atoms with van der Waals surface area (Å²) >= 11 is 0. The van der Waals surface area contributed by atoms with E-state index in [9.17, 15) is 9.59 Å². The number of hydrogen-bond donors (Lipinski definition) is 3. The molecular formula is C20H24ClN3O4. The van der Waals surface area contributed by atoms with E-state index >= 15 is 0 Å². The maximum absolute atomic E-state index is 12.7. The Labute approximate surface area is 170 Å². The molecule has 7 nitrogen and oxygen atoms in total. The first-order chi connectivity index (χ1) is 13.1. The summed E-state index contributed by atoms with van der Waals surface area (Å²) in [6, 6.07) is 14.0. The predicted molar refractivity (Wildman–Crippen MR) is 108 cm³/mol. The number of rotatable bonds is 5. The van der Waals surface area contributed by atoms with Crippen LogP contribution >= 0.6 is 12.4 Å². The molecule has 1 atom stereocenters. The van der Waals surface area contributed by atoms with Crippen LogP contribution in [0.2, 0.25) is 0 Å². The van der Waals surface area contributed by atoms with Gasteiger partial charge in [0.1, 0.15) is 5.75 Å². The molecule has 0 aromatic heterocycles. The Morgan fingerprint density at radius 2 is 2.00 bits per heavy atom. The molecule has 2 aromatic carbocycles. The first-order valence-corrected chi connectivity index (χ1v) is 8.80. The Bertz CT molecular complexity index is 813. The zero-order valence-corrected chi connectivity index (χ0v) is 16.4. The van der Waals surface area contributed by atoms with Crippen molar-refractivity contribution in [1.29, 1.82) is 0 Å². The number of nitrogens with zero attached hydrogens (tertiary/aromatic N) is 1. The van der Waals surface area contributed by atoms with E-state index in [1.165, 1.54) is 12.1 Å². The highest BCUT2D eigenvalue weighted by molar-refractivity contribution is 5.87. The predicted octanol–water partition coefficient (Wildman–Crippen LogP) is 2.67. The number of carboxylic acids is 1. The lowest BCUT2D eigenvalue weighted by molar-refractivity contribution is 0.0697. The fourth-order valence-corrected chi connectivity index (χ4v) is 3.14. The summed E-state index contributed by atoms with van der Waals surface area (Å²) in [6.45, 7) is 2.36. The molecule has 2 aromatic rings. The summed E-state index contributed by atoms with van der Waals surface area (Å²) in [7, 11) is 1.62. The highest BCUT2D eigenvalue weighted by atomic mass is 35.5. The van der Waals surface area contributed by atoms with Crippen molar-refractivity contribution in [3.8, 4) is 5.75 Å². The highest BCUT2D eigenvalue weighted by Crippen LogP contribution is 2.25. The van der Waals surface area contributed by atoms with Gasteiger partial charge in [0.25, 0.3) is 0 Å². The number of carboxylic acid groups (broad SMARTS) is 1. The minimum atomic E-state index is -0.965. The smallest absolute Gasteiger partial charge is 0.335 e. The maximum Gasteiger partial charge on any atom is 0.335 e. The molecule has 1 saturated heterocycles. The van der Waals surface area contributed by atoms with Gasteiger partial charge in [0, 0.05) is 26.2 Å². The average Bonchev–Trinajstić information content (AvgIpc) is 2.72. The summed E-state index contributed by atoms with van der Waals surface area (Å²) in [4.78, 5) is 25.5. The van der Waals surface area contributed by atoms with Crippen molar-refractivity contribution in [1.82, 2.24) is 15.5 Å². The Kier molecular flexibility index (Phi) is 7.66. The Morgan fingerprint density at radius 1 is 1.25 bits per heavy atom. The third-order valence-corrected chi connectivity index (χ3v) is 4.63. The molecule has 3 N–H and O–H groups in total. The molecule has 3 rings (SSSR count). The second-order valence-corrected chi connectivity index (χ2v) is 6.35. The van der Waals surface area contributed by atoms with Gasteiger partial charge >= 0.3 is 12.0 Å². The zero-order chi connectivity index (χ0) is 19.2. The van der Waals surface area contributed by atoms with E-state index in [1.54, 1.807) is 19.2 Å². The number of piperazine rings is 1. The van der Waals surface area contributed by atoms with Gasteiger partial charge in [0.05, 0.1) is 18.7 Å². The number of methoxy groups -OCH3 is 1. The van der Waals surface area contributed by atoms with Gasteiger partial charge in [0.2, 0.25) is 0 Å². The number of halogens is 1. The minimum absolute atomic E-state index is 0. The number of ether oxygens (including phenoxy) is 1. The van der Waals surface area contributed by atoms with Crippen LogP contribution in [0, 0.1) is 0 Å². The summed E-state index contributed by atoms with van der Waals surface area (Å²) in [5, 5.41) is 15.2. The number of nitrogens with one attached hydrogen (secondary N) is 2. The van der Waals surface area contributed by atoms with E-state index < -0.39 is 5.97 Å². The summed E-state index contributed by atoms with van der Waals surface area (Å²) in [5.74, 6) is -0.204. The van der Waals surface area contributed by atoms with Crippen LogP contribution < -0.4 is 15.4 Å². The largest absolute Gasteiger partial charge is 0.497 e. The van der Waals surface area contributed by atoms with Crippen LogP contribution in [0.1, 0.15) is 27.5 Å². The number of urea groups is 1. The van der Waals surface area contributed by atoms with Crippen LogP contribution in [0.5, 0.6) is 5.75 Å². The molecule has 1 heterocycles. The fraction of sp³-hybridized carbons (Fsp3) is 0.300. The van der Waals surface area contributed by atoms with Gasteiger partial charge in [-0.2, -0.15) is 0 Å². The summed E-state index contributed by atoms with van der Waals surface area (Å²) in [6.07, 6.45) is 0. The molecule has 1 unspecified atom stereocenters. The second-order valence-electron chi connectivity index (χ2n) is 6.35. The van der Waals surface area contributed by atoms with Crippen LogP contribution in [0.3, 0.4) is 0 Å². The van der Waals surface area contributed by atoms with Crippen molar-refractivity contribution in [2.45, 2.75) is 12.6 Å². The SMILES string of the molecule is COc1cccc(C2CNCCN2C(=O)NCc2ccc(C(=O)O)cc2)c1.Cl. The number of aromatic carboxylic acids is 1. The lowest BCUT2D eigenvalue weighted by atomic mass is 10.0. The van der Waals surface area contributed by atoms with E-state index in [0.717, 1.165) is 23.4 Å². The summed E-state index contributed by atoms with van der Waals surface area (Å²) in [5.41, 5.74) is 2.09. The van der Waals surface area contributed by atoms with Crippen molar-refractivity contribution < 1.29 is 19.4 Å². The van der Waals surface area contributed by atoms with E-state index in [2.05, 4.69) is 10.6 Å². The normalized spacial score (nSPS) is 16.0. The van der Waals surface area contributed by atoms with Gasteiger partial charge in [-0.05, 0) is 35.4 Å². The van der Waals surface area contributed by atoms with Crippen molar-refractivity contribution in [3.63, 3.8) is 0 Å². The topological polar surface area (TPSA) is 90.9 Å². The molecule has 28 heavy (non-hydrogen) atoms. The molecule has 1 fully saturated rings. The molecule has 1 aliphatic heterocycles. The van der Waals surface area contributed by atoms with Gasteiger partial charge in [-0.15, -0.1) is 12.4 Å². The third-order valence-electron chi connectivity index (χ3n) is 4.63. The zero-order valence-electron chi connectivity index (χ0n) is 15.6. The van der Waals surface area contributed by atoms with Gasteiger partial charge in [-0.25, -0.2) is 9.59 Å². The molecule has 1 aliphatic rings. The van der Waals surface area contributed by atoms with Crippen LogP contribution in [0.25, 0.3) is 0 Å². The van der Waals surface area contributed by atoms with E-state index in [-0.39, 0.29) is 30.0 Å². The van der Waals surface area contributed by atoms with Crippen molar-refractivity contribution in [3.05, 3.63) is 65.2 Å². The van der Waals surface area contributed by atoms with Gasteiger partial charge in [0.15, 0.2) is 0 Å². The standard InChI is InChI=1S/C20H23N3O4.ClH/c1-27-17-4-2-3-16(11-17)18-13-21-9-10-23(18)20(26)22-12-14-5-7-15(8-6-14)19(24)25;/h2-8,11,18,21H,9-10,12-13H2,1H3,(H,22,26)(H,24,25);1H. The lowest BCUT2D eigenvalue weighted by Crippen LogP contribution is -2.51. The number of carbonyl (C=O) groups excluding carboxylic acids is 1. The van der Waals surface area contributed by atoms with E-state index in [0.29, 0.717) is 19.6 Å². The van der Waals surface area contributed by atoms with Crippen LogP contribution in [-0.2, 0) is 6.54 Å². The number of benzene rings is 2. The van der Waals surface area contributed by atoms with E-state index in [4.69, 9.17) is 9.84 Å². The minimum Gasteiger partial charge on any atom is -0.497 e. The molecule has 8 heteroatoms. The van der Waals surface area contributed by atoms with Gasteiger partial charge < -0.3 is 25.4 Å². The van der Waals surface area contributed by atoms with Crippen LogP contribution in [0.4, 0.5) is 4.79 Å². The van der Waals surface area contributed by atoms with Crippen molar-refractivity contribution in [2.24, 2.45) is 0 Å². The quantitative estimate of drug-likeness (QED) is 0.711. The first kappa shape index (κ1) is 21.5. The Morgan fingerprint density at radius 3 is 2.68 bits per heavy atom. The van der Waals surface area contributed by atoms with Crippen molar-refractivity contribution >= 4 is 24.4 Å². The molecule has 0 bridgehead atoms. The molecule has 0 aliphatic carbocycles. The molecule has 0 radical (unpaired) electrons. The number of hydrogen-bond acceptors (Lipinski definition) is 4. The first-order valence-electron chi connectivity index (χ1n) is 8.80. The molecule has 0 saturated carbocycles. The lowest BCUT2D eigenvalue weighted by Gasteiger charge is -2.36. The van der Waals surface area contributed by atoms with Gasteiger partial charge in [-0.1, -0.05) is 24.3 Å². The number of amides is 2. The third kappa shape index (κ3) is 5.15. The van der Waals surface area contributed by atoms with Crippen LogP contribution in [-0.4, -0.2) is 48.8 Å². The monoisotopic (exact) mass is 405 g/mol. The Hall–Kier alpha value is -2.77. The molecular weight excluding hydrogens is 382 g/mol. The van der Waals surface area contributed by atoms with Crippen molar-refractivity contribution in [2.75, 3.05) is 26.7 Å². The highest BCUT2D eigenvalue weighted by Gasteiger charge is 2.28. The number of carbonyl (C=O) groups is 2. The van der Waals surface area contributed by atoms with E-state index in [1.807, 2.05) is 29.2 Å². The Balaban J connectivity index is 0.00000280. The summed E-state index contributed by atoms with van der Waals surface area (Å²) < 4.78 is 5.29. The maximum atomic E-state index is 12.7. The van der Waals surface area contributed by atoms with Crippen LogP contribution in [0.15, 0.2) is 48.5 Å². The molecule has 150 valence electrons. The molecule has 0 spiro atoms.